The summed E-state index contributed by atoms with van der Waals surface area (Å²) in [6.45, 7) is 2.31. The van der Waals surface area contributed by atoms with Crippen LogP contribution in [0.25, 0.3) is 0 Å². The molecule has 0 fully saturated rings. The standard InChI is InChI=1S/C29H49NO2/c1-2-3-4-5-6-7-8-9-10-11-12-13-14-15-16-17-18-19-22-29(26-31)32-28-23-20-21-27(24-28)25-30/h20-21,23-24,29,31H,2-19,22,26H2,1H3. The average molecular weight is 444 g/mol. The fraction of sp³-hybridized carbons (Fsp3) is 0.759. The van der Waals surface area contributed by atoms with Gasteiger partial charge in [-0.2, -0.15) is 5.26 Å². The molecule has 32 heavy (non-hydrogen) atoms. The van der Waals surface area contributed by atoms with Crippen molar-refractivity contribution in [3.63, 3.8) is 0 Å². The zero-order valence-electron chi connectivity index (χ0n) is 20.8. The van der Waals surface area contributed by atoms with Crippen molar-refractivity contribution >= 4 is 0 Å². The predicted molar refractivity (Wildman–Crippen MR) is 136 cm³/mol. The minimum atomic E-state index is -0.176. The molecule has 1 aromatic carbocycles. The molecule has 0 saturated heterocycles. The van der Waals surface area contributed by atoms with Gasteiger partial charge in [0.2, 0.25) is 0 Å². The number of nitriles is 1. The highest BCUT2D eigenvalue weighted by molar-refractivity contribution is 5.36. The number of hydrogen-bond donors (Lipinski definition) is 1. The summed E-state index contributed by atoms with van der Waals surface area (Å²) in [5.41, 5.74) is 0.590. The molecule has 0 spiro atoms. The van der Waals surface area contributed by atoms with Gasteiger partial charge >= 0.3 is 0 Å². The van der Waals surface area contributed by atoms with E-state index in [0.717, 1.165) is 12.8 Å². The van der Waals surface area contributed by atoms with Crippen LogP contribution in [0.3, 0.4) is 0 Å². The van der Waals surface area contributed by atoms with Crippen molar-refractivity contribution in [1.29, 1.82) is 5.26 Å². The van der Waals surface area contributed by atoms with Crippen LogP contribution in [0.5, 0.6) is 5.75 Å². The summed E-state index contributed by atoms with van der Waals surface area (Å²) in [5.74, 6) is 0.672. The zero-order valence-corrected chi connectivity index (χ0v) is 20.8. The van der Waals surface area contributed by atoms with Gasteiger partial charge in [0.15, 0.2) is 0 Å². The Balaban J connectivity index is 1.86. The summed E-state index contributed by atoms with van der Waals surface area (Å²) >= 11 is 0. The highest BCUT2D eigenvalue weighted by atomic mass is 16.5. The Morgan fingerprint density at radius 2 is 1.22 bits per heavy atom. The number of ether oxygens (including phenoxy) is 1. The minimum absolute atomic E-state index is 0.0236. The SMILES string of the molecule is CCCCCCCCCCCCCCCCCCCCC(CO)Oc1cccc(C#N)c1. The van der Waals surface area contributed by atoms with Crippen molar-refractivity contribution in [2.24, 2.45) is 0 Å². The Labute approximate surface area is 198 Å². The number of hydrogen-bond acceptors (Lipinski definition) is 3. The van der Waals surface area contributed by atoms with E-state index in [1.807, 2.05) is 12.1 Å². The second-order valence-electron chi connectivity index (χ2n) is 9.36. The fourth-order valence-electron chi connectivity index (χ4n) is 4.29. The second kappa shape index (κ2) is 21.3. The van der Waals surface area contributed by atoms with E-state index in [2.05, 4.69) is 13.0 Å². The quantitative estimate of drug-likeness (QED) is 0.182. The van der Waals surface area contributed by atoms with Crippen LogP contribution in [0.2, 0.25) is 0 Å². The lowest BCUT2D eigenvalue weighted by atomic mass is 10.0. The third kappa shape index (κ3) is 16.2. The van der Waals surface area contributed by atoms with Gasteiger partial charge in [-0.1, -0.05) is 122 Å². The van der Waals surface area contributed by atoms with Crippen molar-refractivity contribution in [2.75, 3.05) is 6.61 Å². The smallest absolute Gasteiger partial charge is 0.122 e. The van der Waals surface area contributed by atoms with Gasteiger partial charge in [0.1, 0.15) is 11.9 Å². The van der Waals surface area contributed by atoms with Gasteiger partial charge in [0, 0.05) is 0 Å². The lowest BCUT2D eigenvalue weighted by Gasteiger charge is -2.17. The topological polar surface area (TPSA) is 53.2 Å². The van der Waals surface area contributed by atoms with Crippen LogP contribution in [0.15, 0.2) is 24.3 Å². The van der Waals surface area contributed by atoms with Gasteiger partial charge in [-0.05, 0) is 31.0 Å². The van der Waals surface area contributed by atoms with Gasteiger partial charge < -0.3 is 9.84 Å². The van der Waals surface area contributed by atoms with Gasteiger partial charge in [0.05, 0.1) is 18.2 Å². The van der Waals surface area contributed by atoms with Crippen molar-refractivity contribution in [3.8, 4) is 11.8 Å². The number of aliphatic hydroxyl groups is 1. The number of nitrogens with zero attached hydrogens (tertiary/aromatic N) is 1. The molecule has 1 unspecified atom stereocenters. The zero-order chi connectivity index (χ0) is 23.1. The maximum atomic E-state index is 9.57. The Hall–Kier alpha value is -1.53. The van der Waals surface area contributed by atoms with E-state index >= 15 is 0 Å². The number of benzene rings is 1. The van der Waals surface area contributed by atoms with Crippen LogP contribution in [-0.2, 0) is 0 Å². The van der Waals surface area contributed by atoms with Gasteiger partial charge in [-0.15, -0.1) is 0 Å². The van der Waals surface area contributed by atoms with Crippen LogP contribution >= 0.6 is 0 Å². The first-order valence-electron chi connectivity index (χ1n) is 13.6. The number of aliphatic hydroxyl groups excluding tert-OH is 1. The summed E-state index contributed by atoms with van der Waals surface area (Å²) in [7, 11) is 0. The molecule has 1 N–H and O–H groups in total. The van der Waals surface area contributed by atoms with Gasteiger partial charge in [0.25, 0.3) is 0 Å². The van der Waals surface area contributed by atoms with Crippen LogP contribution in [0.1, 0.15) is 134 Å². The average Bonchev–Trinajstić information content (AvgIpc) is 2.82. The summed E-state index contributed by atoms with van der Waals surface area (Å²) in [4.78, 5) is 0. The molecule has 3 nitrogen and oxygen atoms in total. The van der Waals surface area contributed by atoms with E-state index in [-0.39, 0.29) is 12.7 Å². The maximum absolute atomic E-state index is 9.57. The highest BCUT2D eigenvalue weighted by Crippen LogP contribution is 2.18. The van der Waals surface area contributed by atoms with Crippen LogP contribution in [0, 0.1) is 11.3 Å². The molecule has 0 bridgehead atoms. The van der Waals surface area contributed by atoms with Crippen LogP contribution in [-0.4, -0.2) is 17.8 Å². The molecule has 0 amide bonds. The Morgan fingerprint density at radius 1 is 0.750 bits per heavy atom. The lowest BCUT2D eigenvalue weighted by molar-refractivity contribution is 0.106. The summed E-state index contributed by atoms with van der Waals surface area (Å²) in [6, 6.07) is 9.28. The van der Waals surface area contributed by atoms with E-state index in [4.69, 9.17) is 10.00 Å². The molecule has 1 aromatic rings. The third-order valence-electron chi connectivity index (χ3n) is 6.35. The monoisotopic (exact) mass is 443 g/mol. The normalized spacial score (nSPS) is 11.9. The summed E-state index contributed by atoms with van der Waals surface area (Å²) in [6.07, 6.45) is 25.4. The molecule has 182 valence electrons. The second-order valence-corrected chi connectivity index (χ2v) is 9.36. The lowest BCUT2D eigenvalue weighted by Crippen LogP contribution is -2.21. The molecule has 1 atom stereocenters. The van der Waals surface area contributed by atoms with E-state index < -0.39 is 0 Å². The number of unbranched alkanes of at least 4 members (excludes halogenated alkanes) is 17. The van der Waals surface area contributed by atoms with E-state index in [1.165, 1.54) is 109 Å². The highest BCUT2D eigenvalue weighted by Gasteiger charge is 2.09. The molecular formula is C29H49NO2. The van der Waals surface area contributed by atoms with Crippen molar-refractivity contribution < 1.29 is 9.84 Å². The van der Waals surface area contributed by atoms with Crippen molar-refractivity contribution in [2.45, 2.75) is 135 Å². The van der Waals surface area contributed by atoms with Crippen LogP contribution in [0.4, 0.5) is 0 Å². The summed E-state index contributed by atoms with van der Waals surface area (Å²) < 4.78 is 5.84. The van der Waals surface area contributed by atoms with Gasteiger partial charge in [-0.3, -0.25) is 0 Å². The first-order chi connectivity index (χ1) is 15.8. The van der Waals surface area contributed by atoms with Crippen molar-refractivity contribution in [1.82, 2.24) is 0 Å². The molecular weight excluding hydrogens is 394 g/mol. The first kappa shape index (κ1) is 28.5. The molecule has 1 rings (SSSR count). The third-order valence-corrected chi connectivity index (χ3v) is 6.35. The van der Waals surface area contributed by atoms with E-state index in [1.54, 1.807) is 12.1 Å². The molecule has 0 heterocycles. The molecule has 0 radical (unpaired) electrons. The molecule has 0 aliphatic carbocycles. The molecule has 0 aliphatic rings. The van der Waals surface area contributed by atoms with Gasteiger partial charge in [-0.25, -0.2) is 0 Å². The molecule has 0 aliphatic heterocycles. The molecule has 0 saturated carbocycles. The number of rotatable bonds is 22. The maximum Gasteiger partial charge on any atom is 0.122 e. The predicted octanol–water partition coefficient (Wildman–Crippen LogP) is 8.73. The van der Waals surface area contributed by atoms with Crippen LogP contribution < -0.4 is 4.74 Å². The Kier molecular flexibility index (Phi) is 19.0. The Morgan fingerprint density at radius 3 is 1.66 bits per heavy atom. The Bertz CT molecular complexity index is 581. The summed E-state index contributed by atoms with van der Waals surface area (Å²) in [5, 5.41) is 18.5. The van der Waals surface area contributed by atoms with Crippen molar-refractivity contribution in [3.05, 3.63) is 29.8 Å². The van der Waals surface area contributed by atoms with E-state index in [9.17, 15) is 5.11 Å². The fourth-order valence-corrected chi connectivity index (χ4v) is 4.29. The molecule has 3 heteroatoms. The first-order valence-corrected chi connectivity index (χ1v) is 13.6. The minimum Gasteiger partial charge on any atom is -0.488 e. The molecule has 0 aromatic heterocycles. The van der Waals surface area contributed by atoms with E-state index in [0.29, 0.717) is 11.3 Å². The largest absolute Gasteiger partial charge is 0.488 e.